The van der Waals surface area contributed by atoms with Crippen LogP contribution in [0.15, 0.2) is 18.2 Å². The average Bonchev–Trinajstić information content (AvgIpc) is 2.34. The summed E-state index contributed by atoms with van der Waals surface area (Å²) in [7, 11) is 0. The number of carbonyl (C=O) groups excluding carboxylic acids is 1. The van der Waals surface area contributed by atoms with Crippen LogP contribution in [0, 0.1) is 5.92 Å². The van der Waals surface area contributed by atoms with Crippen molar-refractivity contribution in [3.63, 3.8) is 0 Å². The molecule has 1 aromatic carbocycles. The van der Waals surface area contributed by atoms with Gasteiger partial charge in [-0.15, -0.1) is 0 Å². The van der Waals surface area contributed by atoms with E-state index in [0.29, 0.717) is 31.3 Å². The van der Waals surface area contributed by atoms with E-state index >= 15 is 0 Å². The molecule has 1 aromatic rings. The molecule has 5 heteroatoms. The van der Waals surface area contributed by atoms with Crippen molar-refractivity contribution in [2.24, 2.45) is 5.92 Å². The van der Waals surface area contributed by atoms with E-state index in [1.54, 1.807) is 0 Å². The molecule has 96 valence electrons. The Hall–Kier alpha value is -1.75. The van der Waals surface area contributed by atoms with Crippen LogP contribution in [0.4, 0.5) is 5.69 Å². The highest BCUT2D eigenvalue weighted by Crippen LogP contribution is 2.32. The second-order valence-corrected chi connectivity index (χ2v) is 4.64. The molecule has 1 fully saturated rings. The highest BCUT2D eigenvalue weighted by molar-refractivity contribution is 5.91. The van der Waals surface area contributed by atoms with Gasteiger partial charge in [0.15, 0.2) is 11.5 Å². The molecule has 0 spiro atoms. The van der Waals surface area contributed by atoms with Crippen molar-refractivity contribution >= 4 is 11.6 Å². The Kier molecular flexibility index (Phi) is 3.06. The van der Waals surface area contributed by atoms with Gasteiger partial charge in [-0.3, -0.25) is 4.79 Å². The molecular formula is C13H16N2O3. The van der Waals surface area contributed by atoms with Gasteiger partial charge in [0.2, 0.25) is 5.91 Å². The standard InChI is InChI=1S/C13H16N2O3/c16-13(5-9-7-14-8-9)15-10-1-2-11-12(6-10)18-4-3-17-11/h1-2,6,9,14H,3-5,7-8H2,(H,15,16). The monoisotopic (exact) mass is 248 g/mol. The lowest BCUT2D eigenvalue weighted by molar-refractivity contribution is -0.117. The fourth-order valence-electron chi connectivity index (χ4n) is 2.09. The maximum atomic E-state index is 11.8. The van der Waals surface area contributed by atoms with Gasteiger partial charge in [0.1, 0.15) is 13.2 Å². The molecule has 0 atom stereocenters. The Labute approximate surface area is 105 Å². The molecule has 18 heavy (non-hydrogen) atoms. The van der Waals surface area contributed by atoms with E-state index in [4.69, 9.17) is 9.47 Å². The van der Waals surface area contributed by atoms with Gasteiger partial charge in [-0.1, -0.05) is 0 Å². The van der Waals surface area contributed by atoms with Crippen LogP contribution in [0.1, 0.15) is 6.42 Å². The van der Waals surface area contributed by atoms with Crippen molar-refractivity contribution in [3.05, 3.63) is 18.2 Å². The minimum atomic E-state index is 0.0539. The molecule has 1 amide bonds. The lowest BCUT2D eigenvalue weighted by Gasteiger charge is -2.26. The maximum Gasteiger partial charge on any atom is 0.224 e. The van der Waals surface area contributed by atoms with Crippen LogP contribution >= 0.6 is 0 Å². The largest absolute Gasteiger partial charge is 0.486 e. The molecule has 0 unspecified atom stereocenters. The zero-order valence-electron chi connectivity index (χ0n) is 10.1. The van der Waals surface area contributed by atoms with Gasteiger partial charge >= 0.3 is 0 Å². The van der Waals surface area contributed by atoms with Gasteiger partial charge in [-0.25, -0.2) is 0 Å². The van der Waals surface area contributed by atoms with Gasteiger partial charge < -0.3 is 20.1 Å². The fraction of sp³-hybridized carbons (Fsp3) is 0.462. The maximum absolute atomic E-state index is 11.8. The van der Waals surface area contributed by atoms with E-state index in [2.05, 4.69) is 10.6 Å². The number of nitrogens with one attached hydrogen (secondary N) is 2. The summed E-state index contributed by atoms with van der Waals surface area (Å²) in [4.78, 5) is 11.8. The lowest BCUT2D eigenvalue weighted by atomic mass is 9.99. The summed E-state index contributed by atoms with van der Waals surface area (Å²) < 4.78 is 10.9. The molecule has 0 radical (unpaired) electrons. The van der Waals surface area contributed by atoms with Crippen molar-refractivity contribution in [2.45, 2.75) is 6.42 Å². The van der Waals surface area contributed by atoms with Gasteiger partial charge in [-0.05, 0) is 31.1 Å². The second kappa shape index (κ2) is 4.86. The number of hydrogen-bond acceptors (Lipinski definition) is 4. The minimum absolute atomic E-state index is 0.0539. The fourth-order valence-corrected chi connectivity index (χ4v) is 2.09. The van der Waals surface area contributed by atoms with Crippen LogP contribution in [-0.4, -0.2) is 32.2 Å². The van der Waals surface area contributed by atoms with Crippen LogP contribution in [0.25, 0.3) is 0 Å². The highest BCUT2D eigenvalue weighted by atomic mass is 16.6. The molecular weight excluding hydrogens is 232 g/mol. The molecule has 0 aliphatic carbocycles. The molecule has 2 heterocycles. The van der Waals surface area contributed by atoms with Crippen molar-refractivity contribution in [3.8, 4) is 11.5 Å². The number of hydrogen-bond donors (Lipinski definition) is 2. The molecule has 3 rings (SSSR count). The van der Waals surface area contributed by atoms with Gasteiger partial charge in [0.25, 0.3) is 0 Å². The Bertz CT molecular complexity index is 458. The normalized spacial score (nSPS) is 18.0. The summed E-state index contributed by atoms with van der Waals surface area (Å²) in [6, 6.07) is 5.48. The third kappa shape index (κ3) is 2.41. The first-order valence-electron chi connectivity index (χ1n) is 6.21. The van der Waals surface area contributed by atoms with E-state index in [-0.39, 0.29) is 5.91 Å². The number of carbonyl (C=O) groups is 1. The van der Waals surface area contributed by atoms with E-state index in [0.717, 1.165) is 24.5 Å². The van der Waals surface area contributed by atoms with Crippen LogP contribution in [0.3, 0.4) is 0 Å². The van der Waals surface area contributed by atoms with E-state index < -0.39 is 0 Å². The lowest BCUT2D eigenvalue weighted by Crippen LogP contribution is -2.43. The smallest absolute Gasteiger partial charge is 0.224 e. The van der Waals surface area contributed by atoms with Crippen LogP contribution < -0.4 is 20.1 Å². The second-order valence-electron chi connectivity index (χ2n) is 4.64. The van der Waals surface area contributed by atoms with Crippen molar-refractivity contribution in [1.29, 1.82) is 0 Å². The van der Waals surface area contributed by atoms with Gasteiger partial charge in [-0.2, -0.15) is 0 Å². The molecule has 2 N–H and O–H groups in total. The van der Waals surface area contributed by atoms with E-state index in [1.807, 2.05) is 18.2 Å². The quantitative estimate of drug-likeness (QED) is 0.838. The zero-order valence-corrected chi connectivity index (χ0v) is 10.1. The van der Waals surface area contributed by atoms with Crippen molar-refractivity contribution < 1.29 is 14.3 Å². The molecule has 0 saturated carbocycles. The molecule has 5 nitrogen and oxygen atoms in total. The Balaban J connectivity index is 1.63. The van der Waals surface area contributed by atoms with E-state index in [9.17, 15) is 4.79 Å². The summed E-state index contributed by atoms with van der Waals surface area (Å²) in [6.45, 7) is 3.01. The number of benzene rings is 1. The Morgan fingerprint density at radius 1 is 1.28 bits per heavy atom. The Morgan fingerprint density at radius 2 is 2.06 bits per heavy atom. The van der Waals surface area contributed by atoms with Crippen molar-refractivity contribution in [2.75, 3.05) is 31.6 Å². The van der Waals surface area contributed by atoms with Crippen molar-refractivity contribution in [1.82, 2.24) is 5.32 Å². The first-order chi connectivity index (χ1) is 8.81. The molecule has 0 bridgehead atoms. The number of anilines is 1. The molecule has 2 aliphatic rings. The SMILES string of the molecule is O=C(CC1CNC1)Nc1ccc2c(c1)OCCO2. The Morgan fingerprint density at radius 3 is 2.78 bits per heavy atom. The highest BCUT2D eigenvalue weighted by Gasteiger charge is 2.20. The van der Waals surface area contributed by atoms with E-state index in [1.165, 1.54) is 0 Å². The van der Waals surface area contributed by atoms with Crippen LogP contribution in [0.5, 0.6) is 11.5 Å². The number of rotatable bonds is 3. The third-order valence-corrected chi connectivity index (χ3v) is 3.17. The summed E-state index contributed by atoms with van der Waals surface area (Å²) in [6.07, 6.45) is 0.571. The predicted octanol–water partition coefficient (Wildman–Crippen LogP) is 1.01. The van der Waals surface area contributed by atoms with Crippen LogP contribution in [-0.2, 0) is 4.79 Å². The predicted molar refractivity (Wildman–Crippen MR) is 67.0 cm³/mol. The van der Waals surface area contributed by atoms with Crippen LogP contribution in [0.2, 0.25) is 0 Å². The summed E-state index contributed by atoms with van der Waals surface area (Å²) >= 11 is 0. The molecule has 0 aromatic heterocycles. The average molecular weight is 248 g/mol. The third-order valence-electron chi connectivity index (χ3n) is 3.17. The topological polar surface area (TPSA) is 59.6 Å². The molecule has 2 aliphatic heterocycles. The number of fused-ring (bicyclic) bond motifs is 1. The first-order valence-corrected chi connectivity index (χ1v) is 6.21. The zero-order chi connectivity index (χ0) is 12.4. The summed E-state index contributed by atoms with van der Waals surface area (Å²) in [5.74, 6) is 1.96. The summed E-state index contributed by atoms with van der Waals surface area (Å²) in [5.41, 5.74) is 0.761. The first kappa shape index (κ1) is 11.3. The molecule has 1 saturated heterocycles. The van der Waals surface area contributed by atoms with Gasteiger partial charge in [0, 0.05) is 18.2 Å². The number of amides is 1. The summed E-state index contributed by atoms with van der Waals surface area (Å²) in [5, 5.41) is 6.04. The van der Waals surface area contributed by atoms with Gasteiger partial charge in [0.05, 0.1) is 0 Å². The number of ether oxygens (including phenoxy) is 2. The minimum Gasteiger partial charge on any atom is -0.486 e.